The molecular weight excluding hydrogens is 452 g/mol. The van der Waals surface area contributed by atoms with Gasteiger partial charge in [-0.3, -0.25) is 0 Å². The van der Waals surface area contributed by atoms with Crippen molar-refractivity contribution in [3.63, 3.8) is 0 Å². The van der Waals surface area contributed by atoms with Crippen LogP contribution in [0, 0.1) is 31.6 Å². The van der Waals surface area contributed by atoms with Crippen LogP contribution < -0.4 is 4.74 Å². The zero-order chi connectivity index (χ0) is 26.2. The summed E-state index contributed by atoms with van der Waals surface area (Å²) in [4.78, 5) is 12.6. The highest BCUT2D eigenvalue weighted by atomic mass is 16.5. The van der Waals surface area contributed by atoms with Gasteiger partial charge >= 0.3 is 5.97 Å². The normalized spacial score (nSPS) is 24.6. The maximum atomic E-state index is 12.6. The lowest BCUT2D eigenvalue weighted by molar-refractivity contribution is -0.130. The van der Waals surface area contributed by atoms with Crippen LogP contribution >= 0.6 is 0 Å². The largest absolute Gasteiger partial charge is 0.423 e. The molecular formula is C35H48O2. The van der Waals surface area contributed by atoms with Crippen LogP contribution in [-0.2, 0) is 4.79 Å². The van der Waals surface area contributed by atoms with Crippen molar-refractivity contribution < 1.29 is 9.53 Å². The number of carbonyl (C=O) groups excluding carboxylic acids is 1. The molecule has 0 atom stereocenters. The number of carbonyl (C=O) groups is 1. The number of ether oxygens (including phenoxy) is 1. The molecule has 2 aliphatic rings. The summed E-state index contributed by atoms with van der Waals surface area (Å²) in [5, 5.41) is 0. The Morgan fingerprint density at radius 2 is 1.51 bits per heavy atom. The van der Waals surface area contributed by atoms with Gasteiger partial charge < -0.3 is 4.74 Å². The van der Waals surface area contributed by atoms with Crippen molar-refractivity contribution in [3.8, 4) is 5.75 Å². The molecule has 0 aliphatic heterocycles. The van der Waals surface area contributed by atoms with Crippen molar-refractivity contribution in [2.24, 2.45) is 17.8 Å². The van der Waals surface area contributed by atoms with Gasteiger partial charge in [-0.15, -0.1) is 0 Å². The van der Waals surface area contributed by atoms with E-state index >= 15 is 0 Å². The summed E-state index contributed by atoms with van der Waals surface area (Å²) in [6.45, 7) is 8.16. The third-order valence-corrected chi connectivity index (χ3v) is 9.19. The second-order valence-electron chi connectivity index (χ2n) is 12.0. The zero-order valence-corrected chi connectivity index (χ0v) is 23.7. The van der Waals surface area contributed by atoms with Crippen LogP contribution in [0.15, 0.2) is 48.0 Å². The average Bonchev–Trinajstić information content (AvgIpc) is 2.91. The third kappa shape index (κ3) is 7.82. The van der Waals surface area contributed by atoms with E-state index in [0.29, 0.717) is 17.2 Å². The Morgan fingerprint density at radius 3 is 2.14 bits per heavy atom. The number of esters is 1. The minimum Gasteiger partial charge on any atom is -0.423 e. The van der Waals surface area contributed by atoms with E-state index in [2.05, 4.69) is 31.2 Å². The smallest absolute Gasteiger partial charge is 0.339 e. The fourth-order valence-electron chi connectivity index (χ4n) is 6.82. The molecule has 0 saturated heterocycles. The van der Waals surface area contributed by atoms with Crippen molar-refractivity contribution in [3.05, 3.63) is 70.3 Å². The predicted molar refractivity (Wildman–Crippen MR) is 156 cm³/mol. The highest BCUT2D eigenvalue weighted by Gasteiger charge is 2.31. The standard InChI is InChI=1S/C35H48O2/c1-5-6-7-8-28-10-14-30(15-11-28)32-18-20-33(21-19-32)31-16-12-29(13-17-31)24-27(4)35(36)37-34-22-9-25(2)23-26(34)3/h9,12-13,16-17,22-24,28,30,32-33H,5-8,10-11,14-15,18-21H2,1-4H3/b27-24+. The van der Waals surface area contributed by atoms with Gasteiger partial charge in [0, 0.05) is 5.57 Å². The summed E-state index contributed by atoms with van der Waals surface area (Å²) >= 11 is 0. The molecule has 0 spiro atoms. The lowest BCUT2D eigenvalue weighted by atomic mass is 9.68. The molecule has 0 heterocycles. The Kier molecular flexibility index (Phi) is 10.1. The van der Waals surface area contributed by atoms with E-state index in [1.807, 2.05) is 45.0 Å². The molecule has 2 fully saturated rings. The summed E-state index contributed by atoms with van der Waals surface area (Å²) in [6, 6.07) is 14.8. The van der Waals surface area contributed by atoms with Crippen molar-refractivity contribution in [1.29, 1.82) is 0 Å². The molecule has 200 valence electrons. The van der Waals surface area contributed by atoms with Gasteiger partial charge in [-0.1, -0.05) is 87.4 Å². The van der Waals surface area contributed by atoms with Gasteiger partial charge in [-0.05, 0) is 112 Å². The maximum absolute atomic E-state index is 12.6. The predicted octanol–water partition coefficient (Wildman–Crippen LogP) is 9.97. The van der Waals surface area contributed by atoms with E-state index in [9.17, 15) is 4.79 Å². The second kappa shape index (κ2) is 13.4. The van der Waals surface area contributed by atoms with Crippen LogP contribution in [0.4, 0.5) is 0 Å². The minimum absolute atomic E-state index is 0.288. The van der Waals surface area contributed by atoms with E-state index < -0.39 is 0 Å². The van der Waals surface area contributed by atoms with Crippen LogP contribution in [0.25, 0.3) is 6.08 Å². The SMILES string of the molecule is CCCCCC1CCC(C2CCC(c3ccc(/C=C(\C)C(=O)Oc4ccc(C)cc4C)cc3)CC2)CC1. The Morgan fingerprint density at radius 1 is 0.865 bits per heavy atom. The Balaban J connectivity index is 1.24. The Labute approximate surface area is 225 Å². The Hall–Kier alpha value is -2.35. The van der Waals surface area contributed by atoms with Crippen molar-refractivity contribution >= 4 is 12.0 Å². The lowest BCUT2D eigenvalue weighted by Crippen LogP contribution is -2.25. The molecule has 4 rings (SSSR count). The third-order valence-electron chi connectivity index (χ3n) is 9.19. The molecule has 2 aliphatic carbocycles. The molecule has 2 nitrogen and oxygen atoms in total. The molecule has 37 heavy (non-hydrogen) atoms. The van der Waals surface area contributed by atoms with Gasteiger partial charge in [0.1, 0.15) is 5.75 Å². The molecule has 2 saturated carbocycles. The first-order chi connectivity index (χ1) is 17.9. The molecule has 2 heteroatoms. The topological polar surface area (TPSA) is 26.3 Å². The molecule has 0 N–H and O–H groups in total. The number of hydrogen-bond donors (Lipinski definition) is 0. The van der Waals surface area contributed by atoms with Crippen molar-refractivity contribution in [2.45, 2.75) is 111 Å². The summed E-state index contributed by atoms with van der Waals surface area (Å²) in [5.74, 6) is 4.00. The highest BCUT2D eigenvalue weighted by molar-refractivity contribution is 5.94. The van der Waals surface area contributed by atoms with Crippen LogP contribution in [0.2, 0.25) is 0 Å². The van der Waals surface area contributed by atoms with Gasteiger partial charge in [-0.25, -0.2) is 4.79 Å². The lowest BCUT2D eigenvalue weighted by Gasteiger charge is -2.38. The van der Waals surface area contributed by atoms with Crippen molar-refractivity contribution in [2.75, 3.05) is 0 Å². The monoisotopic (exact) mass is 500 g/mol. The molecule has 0 aromatic heterocycles. The molecule has 2 aromatic carbocycles. The fourth-order valence-corrected chi connectivity index (χ4v) is 6.82. The highest BCUT2D eigenvalue weighted by Crippen LogP contribution is 2.44. The van der Waals surface area contributed by atoms with Crippen LogP contribution in [0.3, 0.4) is 0 Å². The van der Waals surface area contributed by atoms with E-state index in [0.717, 1.165) is 28.9 Å². The second-order valence-corrected chi connectivity index (χ2v) is 12.0. The summed E-state index contributed by atoms with van der Waals surface area (Å²) < 4.78 is 5.63. The number of aryl methyl sites for hydroxylation is 2. The quantitative estimate of drug-likeness (QED) is 0.148. The molecule has 0 bridgehead atoms. The number of rotatable bonds is 9. The van der Waals surface area contributed by atoms with Gasteiger partial charge in [0.05, 0.1) is 0 Å². The molecule has 0 radical (unpaired) electrons. The van der Waals surface area contributed by atoms with Gasteiger partial charge in [0.15, 0.2) is 0 Å². The van der Waals surface area contributed by atoms with E-state index in [-0.39, 0.29) is 5.97 Å². The van der Waals surface area contributed by atoms with Crippen LogP contribution in [-0.4, -0.2) is 5.97 Å². The fraction of sp³-hybridized carbons (Fsp3) is 0.571. The summed E-state index contributed by atoms with van der Waals surface area (Å²) in [6.07, 6.45) is 19.0. The molecule has 0 unspecified atom stereocenters. The Bertz CT molecular complexity index is 1030. The first kappa shape index (κ1) is 27.7. The van der Waals surface area contributed by atoms with Crippen LogP contribution in [0.1, 0.15) is 119 Å². The first-order valence-corrected chi connectivity index (χ1v) is 15.0. The average molecular weight is 501 g/mol. The number of benzene rings is 2. The van der Waals surface area contributed by atoms with Crippen LogP contribution in [0.5, 0.6) is 5.75 Å². The number of hydrogen-bond acceptors (Lipinski definition) is 2. The maximum Gasteiger partial charge on any atom is 0.339 e. The van der Waals surface area contributed by atoms with E-state index in [1.165, 1.54) is 88.2 Å². The van der Waals surface area contributed by atoms with Gasteiger partial charge in [0.25, 0.3) is 0 Å². The molecule has 0 amide bonds. The minimum atomic E-state index is -0.288. The molecule has 2 aromatic rings. The first-order valence-electron chi connectivity index (χ1n) is 15.0. The van der Waals surface area contributed by atoms with Crippen molar-refractivity contribution in [1.82, 2.24) is 0 Å². The summed E-state index contributed by atoms with van der Waals surface area (Å²) in [5.41, 5.74) is 5.29. The van der Waals surface area contributed by atoms with E-state index in [1.54, 1.807) is 0 Å². The number of unbranched alkanes of at least 4 members (excludes halogenated alkanes) is 2. The van der Waals surface area contributed by atoms with Gasteiger partial charge in [-0.2, -0.15) is 0 Å². The zero-order valence-electron chi connectivity index (χ0n) is 23.7. The van der Waals surface area contributed by atoms with E-state index in [4.69, 9.17) is 4.74 Å². The van der Waals surface area contributed by atoms with Gasteiger partial charge in [0.2, 0.25) is 0 Å². The summed E-state index contributed by atoms with van der Waals surface area (Å²) in [7, 11) is 0.